The molecule has 1 amide bonds. The number of rotatable bonds is 3. The molecule has 140 valence electrons. The van der Waals surface area contributed by atoms with Crippen LogP contribution >= 0.6 is 0 Å². The van der Waals surface area contributed by atoms with E-state index in [0.29, 0.717) is 17.7 Å². The molecular weight excluding hydrogens is 322 g/mol. The summed E-state index contributed by atoms with van der Waals surface area (Å²) < 4.78 is 6.33. The molecule has 4 aliphatic rings. The number of hydrogen-bond donors (Lipinski definition) is 0. The van der Waals surface area contributed by atoms with Gasteiger partial charge < -0.3 is 9.64 Å². The summed E-state index contributed by atoms with van der Waals surface area (Å²) in [5, 5.41) is 0. The minimum absolute atomic E-state index is 0.0443. The van der Waals surface area contributed by atoms with Crippen LogP contribution in [0.3, 0.4) is 0 Å². The number of amides is 1. The summed E-state index contributed by atoms with van der Waals surface area (Å²) in [4.78, 5) is 15.7. The second kappa shape index (κ2) is 5.58. The molecule has 5 rings (SSSR count). The van der Waals surface area contributed by atoms with Gasteiger partial charge in [0.15, 0.2) is 5.60 Å². The number of likely N-dealkylation sites (tertiary alicyclic amines) is 1. The van der Waals surface area contributed by atoms with Gasteiger partial charge in [0, 0.05) is 23.9 Å². The molecule has 0 spiro atoms. The first-order valence-corrected chi connectivity index (χ1v) is 10.5. The van der Waals surface area contributed by atoms with Gasteiger partial charge >= 0.3 is 0 Å². The molecule has 2 saturated carbocycles. The number of benzene rings is 1. The third-order valence-corrected chi connectivity index (χ3v) is 8.81. The van der Waals surface area contributed by atoms with E-state index in [1.165, 1.54) is 12.0 Å². The van der Waals surface area contributed by atoms with E-state index in [1.54, 1.807) is 0 Å². The van der Waals surface area contributed by atoms with Gasteiger partial charge in [0.2, 0.25) is 0 Å². The molecule has 0 radical (unpaired) electrons. The average molecular weight is 354 g/mol. The van der Waals surface area contributed by atoms with Crippen LogP contribution in [0.25, 0.3) is 0 Å². The van der Waals surface area contributed by atoms with Crippen molar-refractivity contribution in [3.05, 3.63) is 35.9 Å². The molecule has 2 aliphatic heterocycles. The number of nitrogens with zero attached hydrogens (tertiary/aromatic N) is 1. The minimum atomic E-state index is -0.517. The molecule has 26 heavy (non-hydrogen) atoms. The average Bonchev–Trinajstić information content (AvgIpc) is 3.14. The molecule has 4 bridgehead atoms. The molecule has 0 aromatic heterocycles. The van der Waals surface area contributed by atoms with Crippen LogP contribution in [0, 0.1) is 22.7 Å². The van der Waals surface area contributed by atoms with Crippen LogP contribution in [0.2, 0.25) is 0 Å². The molecule has 4 fully saturated rings. The lowest BCUT2D eigenvalue weighted by Gasteiger charge is -2.44. The third kappa shape index (κ3) is 2.01. The zero-order valence-corrected chi connectivity index (χ0v) is 16.2. The minimum Gasteiger partial charge on any atom is -0.364 e. The molecule has 2 saturated heterocycles. The Labute approximate surface area is 157 Å². The lowest BCUT2D eigenvalue weighted by molar-refractivity contribution is -0.168. The molecule has 3 nitrogen and oxygen atoms in total. The summed E-state index contributed by atoms with van der Waals surface area (Å²) in [6.07, 6.45) is 6.78. The van der Waals surface area contributed by atoms with Crippen molar-refractivity contribution < 1.29 is 9.53 Å². The van der Waals surface area contributed by atoms with Crippen molar-refractivity contribution in [3.8, 4) is 0 Å². The Bertz CT molecular complexity index is 710. The van der Waals surface area contributed by atoms with Crippen LogP contribution in [0.15, 0.2) is 30.3 Å². The predicted octanol–water partition coefficient (Wildman–Crippen LogP) is 4.06. The number of carbonyl (C=O) groups excluding carboxylic acids is 1. The van der Waals surface area contributed by atoms with E-state index >= 15 is 0 Å². The first-order valence-electron chi connectivity index (χ1n) is 10.5. The summed E-state index contributed by atoms with van der Waals surface area (Å²) in [6, 6.07) is 10.8. The third-order valence-electron chi connectivity index (χ3n) is 8.81. The topological polar surface area (TPSA) is 29.5 Å². The van der Waals surface area contributed by atoms with Crippen LogP contribution in [0.5, 0.6) is 0 Å². The van der Waals surface area contributed by atoms with Crippen molar-refractivity contribution in [1.29, 1.82) is 0 Å². The number of ether oxygens (including phenoxy) is 1. The molecule has 2 heterocycles. The standard InChI is InChI=1S/C23H31NO2/c1-21-16-26-23(15-19(21)8-11-22(21,23)2)20(25)24-12-9-18(10-13-24)14-17-6-4-3-5-7-17/h3-7,18-19H,8-16H2,1-2H3. The maximum Gasteiger partial charge on any atom is 0.255 e. The van der Waals surface area contributed by atoms with Crippen LogP contribution in [0.4, 0.5) is 0 Å². The maximum atomic E-state index is 13.6. The largest absolute Gasteiger partial charge is 0.364 e. The molecule has 1 aromatic carbocycles. The Morgan fingerprint density at radius 3 is 2.54 bits per heavy atom. The molecule has 4 atom stereocenters. The fraction of sp³-hybridized carbons (Fsp3) is 0.696. The lowest BCUT2D eigenvalue weighted by atomic mass is 9.65. The quantitative estimate of drug-likeness (QED) is 0.820. The van der Waals surface area contributed by atoms with Crippen LogP contribution in [0.1, 0.15) is 51.5 Å². The first-order chi connectivity index (χ1) is 12.5. The van der Waals surface area contributed by atoms with Crippen LogP contribution in [-0.2, 0) is 16.0 Å². The highest BCUT2D eigenvalue weighted by Gasteiger charge is 2.78. The maximum absolute atomic E-state index is 13.6. The van der Waals surface area contributed by atoms with E-state index in [1.807, 2.05) is 0 Å². The van der Waals surface area contributed by atoms with Crippen LogP contribution < -0.4 is 0 Å². The lowest BCUT2D eigenvalue weighted by Crippen LogP contribution is -2.57. The monoisotopic (exact) mass is 353 g/mol. The molecular formula is C23H31NO2. The van der Waals surface area contributed by atoms with Gasteiger partial charge in [0.1, 0.15) is 0 Å². The normalized spacial score (nSPS) is 41.8. The Morgan fingerprint density at radius 2 is 1.88 bits per heavy atom. The highest BCUT2D eigenvalue weighted by molar-refractivity contribution is 5.88. The fourth-order valence-corrected chi connectivity index (χ4v) is 6.78. The van der Waals surface area contributed by atoms with E-state index in [2.05, 4.69) is 49.1 Å². The predicted molar refractivity (Wildman–Crippen MR) is 102 cm³/mol. The van der Waals surface area contributed by atoms with E-state index in [4.69, 9.17) is 4.74 Å². The number of piperidine rings is 1. The SMILES string of the molecule is CC12COC3(C(=O)N4CCC(Cc5ccccc5)CC4)CC1CCC32C. The Balaban J connectivity index is 1.27. The second-order valence-corrected chi connectivity index (χ2v) is 9.73. The fourth-order valence-electron chi connectivity index (χ4n) is 6.78. The van der Waals surface area contributed by atoms with E-state index in [9.17, 15) is 4.79 Å². The molecule has 0 N–H and O–H groups in total. The smallest absolute Gasteiger partial charge is 0.255 e. The molecule has 1 aromatic rings. The highest BCUT2D eigenvalue weighted by Crippen LogP contribution is 2.75. The molecule has 3 heteroatoms. The van der Waals surface area contributed by atoms with Gasteiger partial charge in [0.25, 0.3) is 5.91 Å². The van der Waals surface area contributed by atoms with Crippen molar-refractivity contribution in [3.63, 3.8) is 0 Å². The van der Waals surface area contributed by atoms with Gasteiger partial charge in [-0.2, -0.15) is 0 Å². The number of hydrogen-bond acceptors (Lipinski definition) is 2. The second-order valence-electron chi connectivity index (χ2n) is 9.73. The van der Waals surface area contributed by atoms with Crippen molar-refractivity contribution in [1.82, 2.24) is 4.90 Å². The van der Waals surface area contributed by atoms with E-state index in [-0.39, 0.29) is 10.8 Å². The summed E-state index contributed by atoms with van der Waals surface area (Å²) in [6.45, 7) is 7.30. The van der Waals surface area contributed by atoms with Crippen molar-refractivity contribution in [2.24, 2.45) is 22.7 Å². The number of carbonyl (C=O) groups is 1. The van der Waals surface area contributed by atoms with Crippen molar-refractivity contribution in [2.45, 2.75) is 58.0 Å². The summed E-state index contributed by atoms with van der Waals surface area (Å²) >= 11 is 0. The Kier molecular flexibility index (Phi) is 3.60. The zero-order chi connectivity index (χ0) is 18.0. The van der Waals surface area contributed by atoms with Gasteiger partial charge in [-0.25, -0.2) is 0 Å². The van der Waals surface area contributed by atoms with E-state index < -0.39 is 5.60 Å². The van der Waals surface area contributed by atoms with Crippen molar-refractivity contribution in [2.75, 3.05) is 19.7 Å². The van der Waals surface area contributed by atoms with Crippen molar-refractivity contribution >= 4 is 5.91 Å². The Hall–Kier alpha value is -1.35. The van der Waals surface area contributed by atoms with Gasteiger partial charge in [0.05, 0.1) is 6.61 Å². The first kappa shape index (κ1) is 16.8. The summed E-state index contributed by atoms with van der Waals surface area (Å²) in [5.41, 5.74) is 1.17. The van der Waals surface area contributed by atoms with Gasteiger partial charge in [-0.15, -0.1) is 0 Å². The van der Waals surface area contributed by atoms with Gasteiger partial charge in [-0.05, 0) is 55.9 Å². The zero-order valence-electron chi connectivity index (χ0n) is 16.2. The van der Waals surface area contributed by atoms with Crippen LogP contribution in [-0.4, -0.2) is 36.1 Å². The van der Waals surface area contributed by atoms with Gasteiger partial charge in [-0.3, -0.25) is 4.79 Å². The summed E-state index contributed by atoms with van der Waals surface area (Å²) in [7, 11) is 0. The molecule has 2 aliphatic carbocycles. The van der Waals surface area contributed by atoms with E-state index in [0.717, 1.165) is 51.8 Å². The van der Waals surface area contributed by atoms with Gasteiger partial charge in [-0.1, -0.05) is 44.2 Å². The Morgan fingerprint density at radius 1 is 1.15 bits per heavy atom. The highest BCUT2D eigenvalue weighted by atomic mass is 16.5. The molecule has 4 unspecified atom stereocenters. The summed E-state index contributed by atoms with van der Waals surface area (Å²) in [5.74, 6) is 1.69.